The summed E-state index contributed by atoms with van der Waals surface area (Å²) < 4.78 is 5.31. The molecule has 1 N–H and O–H groups in total. The molecule has 28 heavy (non-hydrogen) atoms. The third-order valence-corrected chi connectivity index (χ3v) is 6.79. The second-order valence-electron chi connectivity index (χ2n) is 8.77. The molecule has 2 aliphatic heterocycles. The average molecular weight is 401 g/mol. The minimum absolute atomic E-state index is 0.169. The van der Waals surface area contributed by atoms with Gasteiger partial charge >= 0.3 is 0 Å². The van der Waals surface area contributed by atoms with Gasteiger partial charge in [-0.05, 0) is 75.8 Å². The van der Waals surface area contributed by atoms with Crippen LogP contribution in [0.4, 0.5) is 5.82 Å². The van der Waals surface area contributed by atoms with Crippen molar-refractivity contribution >= 4 is 17.4 Å². The maximum Gasteiger partial charge on any atom is 0.151 e. The molecular formula is C22H29ClN4O. The summed E-state index contributed by atoms with van der Waals surface area (Å²) in [6.07, 6.45) is 5.94. The summed E-state index contributed by atoms with van der Waals surface area (Å²) in [5, 5.41) is 12.2. The first-order valence-electron chi connectivity index (χ1n) is 10.1. The van der Waals surface area contributed by atoms with Crippen LogP contribution in [0.15, 0.2) is 36.4 Å². The van der Waals surface area contributed by atoms with Gasteiger partial charge in [0, 0.05) is 23.7 Å². The molecule has 0 spiro atoms. The molecule has 2 aliphatic rings. The van der Waals surface area contributed by atoms with Crippen molar-refractivity contribution in [3.8, 4) is 5.75 Å². The predicted octanol–water partition coefficient (Wildman–Crippen LogP) is 4.92. The molecule has 1 aromatic heterocycles. The number of hydrogen-bond acceptors (Lipinski definition) is 5. The third-order valence-electron chi connectivity index (χ3n) is 6.59. The average Bonchev–Trinajstić information content (AvgIpc) is 2.66. The normalized spacial score (nSPS) is 30.1. The number of rotatable bonds is 5. The van der Waals surface area contributed by atoms with Crippen LogP contribution in [-0.4, -0.2) is 39.3 Å². The minimum atomic E-state index is 0.169. The van der Waals surface area contributed by atoms with Gasteiger partial charge in [-0.1, -0.05) is 23.7 Å². The number of ether oxygens (including phenoxy) is 1. The Labute approximate surface area is 172 Å². The standard InChI is InChI=1S/C22H29ClN4O/c1-21-11-4-12-22(2,27(21)15-16-5-7-18(28-3)8-6-16)14-17(13-21)24-20-10-9-19(23)25-26-20/h5-10,17H,4,11-15H2,1-3H3,(H,24,26)/t17-,21+,22?/m1/s1. The fraction of sp³-hybridized carbons (Fsp3) is 0.545. The first-order valence-corrected chi connectivity index (χ1v) is 10.4. The quantitative estimate of drug-likeness (QED) is 0.772. The van der Waals surface area contributed by atoms with Gasteiger partial charge in [0.15, 0.2) is 5.15 Å². The molecule has 0 radical (unpaired) electrons. The van der Waals surface area contributed by atoms with Crippen LogP contribution in [0.5, 0.6) is 5.75 Å². The van der Waals surface area contributed by atoms with E-state index in [0.717, 1.165) is 31.0 Å². The highest BCUT2D eigenvalue weighted by atomic mass is 35.5. The van der Waals surface area contributed by atoms with E-state index < -0.39 is 0 Å². The highest BCUT2D eigenvalue weighted by Gasteiger charge is 2.52. The highest BCUT2D eigenvalue weighted by Crippen LogP contribution is 2.49. The monoisotopic (exact) mass is 400 g/mol. The van der Waals surface area contributed by atoms with E-state index in [2.05, 4.69) is 58.5 Å². The van der Waals surface area contributed by atoms with Crippen molar-refractivity contribution in [2.75, 3.05) is 12.4 Å². The van der Waals surface area contributed by atoms with Gasteiger partial charge < -0.3 is 10.1 Å². The van der Waals surface area contributed by atoms with E-state index in [0.29, 0.717) is 11.2 Å². The summed E-state index contributed by atoms with van der Waals surface area (Å²) in [6.45, 7) is 5.83. The smallest absolute Gasteiger partial charge is 0.151 e. The van der Waals surface area contributed by atoms with Gasteiger partial charge in [0.05, 0.1) is 7.11 Å². The highest BCUT2D eigenvalue weighted by molar-refractivity contribution is 6.29. The Kier molecular flexibility index (Phi) is 5.23. The van der Waals surface area contributed by atoms with Crippen molar-refractivity contribution in [1.82, 2.24) is 15.1 Å². The van der Waals surface area contributed by atoms with Crippen LogP contribution in [0, 0.1) is 0 Å². The van der Waals surface area contributed by atoms with Crippen LogP contribution in [0.3, 0.4) is 0 Å². The molecule has 0 saturated carbocycles. The Hall–Kier alpha value is -1.85. The molecule has 2 aromatic rings. The topological polar surface area (TPSA) is 50.3 Å². The van der Waals surface area contributed by atoms with Crippen molar-refractivity contribution in [1.29, 1.82) is 0 Å². The molecule has 4 rings (SSSR count). The van der Waals surface area contributed by atoms with E-state index in [9.17, 15) is 0 Å². The van der Waals surface area contributed by atoms with Gasteiger partial charge in [-0.2, -0.15) is 0 Å². The zero-order valence-corrected chi connectivity index (χ0v) is 17.7. The zero-order valence-electron chi connectivity index (χ0n) is 16.9. The Bertz CT molecular complexity index is 792. The van der Waals surface area contributed by atoms with Gasteiger partial charge in [-0.3, -0.25) is 4.90 Å². The molecule has 150 valence electrons. The van der Waals surface area contributed by atoms with Crippen LogP contribution >= 0.6 is 11.6 Å². The summed E-state index contributed by atoms with van der Waals surface area (Å²) in [7, 11) is 1.71. The minimum Gasteiger partial charge on any atom is -0.497 e. The Balaban J connectivity index is 1.53. The van der Waals surface area contributed by atoms with Crippen molar-refractivity contribution < 1.29 is 4.74 Å². The van der Waals surface area contributed by atoms with Gasteiger partial charge in [0.2, 0.25) is 0 Å². The molecular weight excluding hydrogens is 372 g/mol. The van der Waals surface area contributed by atoms with Gasteiger partial charge in [-0.25, -0.2) is 0 Å². The molecule has 1 unspecified atom stereocenters. The lowest BCUT2D eigenvalue weighted by molar-refractivity contribution is -0.0947. The third kappa shape index (κ3) is 3.83. The molecule has 6 heteroatoms. The van der Waals surface area contributed by atoms with Crippen LogP contribution in [0.25, 0.3) is 0 Å². The molecule has 2 fully saturated rings. The van der Waals surface area contributed by atoms with E-state index in [1.165, 1.54) is 24.8 Å². The SMILES string of the molecule is COc1ccc(CN2C3(C)CCC[C@@]2(C)C[C@@H](Nc2ccc(Cl)nn2)C3)cc1. The number of nitrogens with zero attached hydrogens (tertiary/aromatic N) is 3. The lowest BCUT2D eigenvalue weighted by atomic mass is 9.67. The lowest BCUT2D eigenvalue weighted by Crippen LogP contribution is -2.67. The van der Waals surface area contributed by atoms with E-state index in [-0.39, 0.29) is 11.1 Å². The van der Waals surface area contributed by atoms with E-state index in [4.69, 9.17) is 16.3 Å². The number of hydrogen-bond donors (Lipinski definition) is 1. The number of halogens is 1. The number of methoxy groups -OCH3 is 1. The summed E-state index contributed by atoms with van der Waals surface area (Å²) in [5.74, 6) is 1.72. The number of anilines is 1. The maximum absolute atomic E-state index is 5.88. The maximum atomic E-state index is 5.88. The number of benzene rings is 1. The fourth-order valence-corrected chi connectivity index (χ4v) is 5.43. The molecule has 0 aliphatic carbocycles. The predicted molar refractivity (Wildman–Crippen MR) is 113 cm³/mol. The van der Waals surface area contributed by atoms with E-state index in [1.54, 1.807) is 13.2 Å². The van der Waals surface area contributed by atoms with Crippen molar-refractivity contribution in [3.05, 3.63) is 47.1 Å². The lowest BCUT2D eigenvalue weighted by Gasteiger charge is -2.61. The van der Waals surface area contributed by atoms with E-state index in [1.807, 2.05) is 6.07 Å². The number of nitrogens with one attached hydrogen (secondary N) is 1. The second-order valence-corrected chi connectivity index (χ2v) is 9.16. The summed E-state index contributed by atoms with van der Waals surface area (Å²) in [4.78, 5) is 2.75. The summed E-state index contributed by atoms with van der Waals surface area (Å²) >= 11 is 5.88. The Morgan fingerprint density at radius 1 is 1.07 bits per heavy atom. The van der Waals surface area contributed by atoms with Crippen LogP contribution in [0.1, 0.15) is 51.5 Å². The number of fused-ring (bicyclic) bond motifs is 2. The molecule has 3 heterocycles. The fourth-order valence-electron chi connectivity index (χ4n) is 5.33. The largest absolute Gasteiger partial charge is 0.497 e. The molecule has 3 atom stereocenters. The van der Waals surface area contributed by atoms with Crippen LogP contribution < -0.4 is 10.1 Å². The number of piperidine rings is 2. The van der Waals surface area contributed by atoms with Gasteiger partial charge in [-0.15, -0.1) is 10.2 Å². The van der Waals surface area contributed by atoms with Crippen molar-refractivity contribution in [2.24, 2.45) is 0 Å². The zero-order chi connectivity index (χ0) is 19.8. The second kappa shape index (κ2) is 7.53. The van der Waals surface area contributed by atoms with Crippen molar-refractivity contribution in [3.63, 3.8) is 0 Å². The van der Waals surface area contributed by atoms with Gasteiger partial charge in [0.25, 0.3) is 0 Å². The molecule has 2 bridgehead atoms. The number of aromatic nitrogens is 2. The van der Waals surface area contributed by atoms with Crippen LogP contribution in [0.2, 0.25) is 5.15 Å². The summed E-state index contributed by atoms with van der Waals surface area (Å²) in [6, 6.07) is 12.6. The molecule has 1 aromatic carbocycles. The van der Waals surface area contributed by atoms with Gasteiger partial charge in [0.1, 0.15) is 11.6 Å². The molecule has 0 amide bonds. The molecule has 2 saturated heterocycles. The Morgan fingerprint density at radius 3 is 2.32 bits per heavy atom. The molecule has 5 nitrogen and oxygen atoms in total. The van der Waals surface area contributed by atoms with E-state index >= 15 is 0 Å². The first-order chi connectivity index (χ1) is 13.4. The Morgan fingerprint density at radius 2 is 1.75 bits per heavy atom. The summed E-state index contributed by atoms with van der Waals surface area (Å²) in [5.41, 5.74) is 1.68. The van der Waals surface area contributed by atoms with Crippen LogP contribution in [-0.2, 0) is 6.54 Å². The van der Waals surface area contributed by atoms with Crippen molar-refractivity contribution in [2.45, 2.75) is 69.6 Å². The first kappa shape index (κ1) is 19.5.